The molecule has 28 heavy (non-hydrogen) atoms. The summed E-state index contributed by atoms with van der Waals surface area (Å²) in [5.41, 5.74) is 3.54. The summed E-state index contributed by atoms with van der Waals surface area (Å²) in [6, 6.07) is 0. The Balaban J connectivity index is 1.86. The summed E-state index contributed by atoms with van der Waals surface area (Å²) in [5, 5.41) is 13.0. The van der Waals surface area contributed by atoms with Gasteiger partial charge in [0.25, 0.3) is 0 Å². The smallest absolute Gasteiger partial charge is 0.341 e. The van der Waals surface area contributed by atoms with E-state index in [1.165, 1.54) is 11.3 Å². The molecule has 0 saturated carbocycles. The fourth-order valence-electron chi connectivity index (χ4n) is 4.01. The predicted molar refractivity (Wildman–Crippen MR) is 108 cm³/mol. The Labute approximate surface area is 169 Å². The molecule has 0 aliphatic heterocycles. The quantitative estimate of drug-likeness (QED) is 0.547. The van der Waals surface area contributed by atoms with E-state index in [0.717, 1.165) is 47.3 Å². The topological polar surface area (TPSA) is 92.7 Å². The number of rotatable bonds is 6. The van der Waals surface area contributed by atoms with Crippen LogP contribution in [0.4, 0.5) is 5.00 Å². The molecule has 2 aliphatic rings. The molecule has 1 aromatic heterocycles. The zero-order valence-corrected chi connectivity index (χ0v) is 17.4. The molecule has 0 spiro atoms. The molecule has 2 atom stereocenters. The minimum absolute atomic E-state index is 0.330. The molecule has 0 bridgehead atoms. The van der Waals surface area contributed by atoms with Gasteiger partial charge >= 0.3 is 11.9 Å². The number of fused-ring (bicyclic) bond motifs is 1. The van der Waals surface area contributed by atoms with E-state index in [9.17, 15) is 19.5 Å². The Bertz CT molecular complexity index is 838. The number of thiophene rings is 1. The molecular formula is C21H27NO5S. The number of hydrogen-bond donors (Lipinski definition) is 2. The van der Waals surface area contributed by atoms with E-state index in [1.54, 1.807) is 0 Å². The fraction of sp³-hybridized carbons (Fsp3) is 0.571. The number of hydrogen-bond acceptors (Lipinski definition) is 5. The second-order valence-corrected chi connectivity index (χ2v) is 8.81. The third-order valence-corrected chi connectivity index (χ3v) is 6.93. The van der Waals surface area contributed by atoms with Crippen molar-refractivity contribution >= 4 is 34.2 Å². The summed E-state index contributed by atoms with van der Waals surface area (Å²) in [4.78, 5) is 38.4. The molecule has 2 aliphatic carbocycles. The van der Waals surface area contributed by atoms with Crippen LogP contribution in [0.1, 0.15) is 67.3 Å². The van der Waals surface area contributed by atoms with Crippen LogP contribution in [0.3, 0.4) is 0 Å². The van der Waals surface area contributed by atoms with Crippen molar-refractivity contribution in [2.24, 2.45) is 11.8 Å². The van der Waals surface area contributed by atoms with Crippen LogP contribution in [0.25, 0.3) is 0 Å². The van der Waals surface area contributed by atoms with Crippen molar-refractivity contribution in [1.29, 1.82) is 0 Å². The molecule has 1 amide bonds. The van der Waals surface area contributed by atoms with Crippen molar-refractivity contribution in [3.63, 3.8) is 0 Å². The van der Waals surface area contributed by atoms with Crippen LogP contribution in [0.2, 0.25) is 0 Å². The van der Waals surface area contributed by atoms with Gasteiger partial charge in [-0.05, 0) is 57.9 Å². The van der Waals surface area contributed by atoms with Crippen molar-refractivity contribution in [3.05, 3.63) is 27.2 Å². The van der Waals surface area contributed by atoms with E-state index in [1.807, 2.05) is 20.8 Å². The van der Waals surface area contributed by atoms with Crippen molar-refractivity contribution in [2.45, 2.75) is 59.3 Å². The molecule has 1 aromatic rings. The maximum Gasteiger partial charge on any atom is 0.341 e. The number of carbonyl (C=O) groups excluding carboxylic acids is 2. The van der Waals surface area contributed by atoms with Gasteiger partial charge in [0.2, 0.25) is 5.91 Å². The molecule has 0 saturated heterocycles. The van der Waals surface area contributed by atoms with Crippen LogP contribution in [-0.2, 0) is 27.2 Å². The van der Waals surface area contributed by atoms with Crippen molar-refractivity contribution in [2.75, 3.05) is 11.9 Å². The molecule has 3 rings (SSSR count). The highest BCUT2D eigenvalue weighted by Crippen LogP contribution is 2.41. The molecule has 152 valence electrons. The lowest BCUT2D eigenvalue weighted by Crippen LogP contribution is -2.36. The number of allylic oxidation sites excluding steroid dienone is 2. The summed E-state index contributed by atoms with van der Waals surface area (Å²) in [6.45, 7) is 6.14. The van der Waals surface area contributed by atoms with E-state index < -0.39 is 23.8 Å². The second kappa shape index (κ2) is 8.47. The minimum atomic E-state index is -0.955. The van der Waals surface area contributed by atoms with E-state index in [-0.39, 0.29) is 5.91 Å². The number of aliphatic carboxylic acids is 1. The third-order valence-electron chi connectivity index (χ3n) is 5.72. The van der Waals surface area contributed by atoms with Crippen LogP contribution in [-0.4, -0.2) is 29.6 Å². The molecule has 1 heterocycles. The van der Waals surface area contributed by atoms with Crippen LogP contribution in [0, 0.1) is 11.8 Å². The van der Waals surface area contributed by atoms with E-state index in [2.05, 4.69) is 5.32 Å². The molecule has 7 heteroatoms. The van der Waals surface area contributed by atoms with Crippen molar-refractivity contribution in [3.8, 4) is 0 Å². The van der Waals surface area contributed by atoms with Gasteiger partial charge in [0, 0.05) is 4.88 Å². The number of carboxylic acids is 1. The van der Waals surface area contributed by atoms with Gasteiger partial charge < -0.3 is 15.2 Å². The Morgan fingerprint density at radius 1 is 1.14 bits per heavy atom. The maximum absolute atomic E-state index is 13.0. The first-order valence-electron chi connectivity index (χ1n) is 9.84. The van der Waals surface area contributed by atoms with Gasteiger partial charge in [0.15, 0.2) is 0 Å². The molecule has 0 unspecified atom stereocenters. The van der Waals surface area contributed by atoms with Gasteiger partial charge in [-0.2, -0.15) is 0 Å². The number of amides is 1. The van der Waals surface area contributed by atoms with E-state index in [0.29, 0.717) is 30.0 Å². The lowest BCUT2D eigenvalue weighted by atomic mass is 9.76. The molecule has 0 fully saturated rings. The van der Waals surface area contributed by atoms with Gasteiger partial charge in [0.05, 0.1) is 24.0 Å². The van der Waals surface area contributed by atoms with E-state index >= 15 is 0 Å². The van der Waals surface area contributed by atoms with Crippen LogP contribution >= 0.6 is 11.3 Å². The zero-order chi connectivity index (χ0) is 20.4. The van der Waals surface area contributed by atoms with Crippen LogP contribution < -0.4 is 5.32 Å². The average molecular weight is 406 g/mol. The molecule has 2 N–H and O–H groups in total. The number of esters is 1. The Hall–Kier alpha value is -2.15. The number of anilines is 1. The van der Waals surface area contributed by atoms with Gasteiger partial charge in [-0.25, -0.2) is 4.79 Å². The number of ether oxygens (including phenoxy) is 1. The van der Waals surface area contributed by atoms with Crippen LogP contribution in [0.15, 0.2) is 11.1 Å². The third kappa shape index (κ3) is 3.99. The standard InChI is InChI=1S/C21H27NO5S/c1-4-8-27-21(26)17-13-6-5-7-16(13)28-19(17)22-18(23)14-9-11(2)12(3)10-15(14)20(24)25/h14-15H,4-10H2,1-3H3,(H,22,23)(H,24,25)/t14-,15-/m1/s1. The van der Waals surface area contributed by atoms with E-state index in [4.69, 9.17) is 4.74 Å². The van der Waals surface area contributed by atoms with Gasteiger partial charge in [-0.15, -0.1) is 11.3 Å². The monoisotopic (exact) mass is 405 g/mol. The lowest BCUT2D eigenvalue weighted by molar-refractivity contribution is -0.146. The van der Waals surface area contributed by atoms with Gasteiger partial charge in [0.1, 0.15) is 5.00 Å². The zero-order valence-electron chi connectivity index (χ0n) is 16.6. The number of aryl methyl sites for hydroxylation is 1. The molecule has 0 radical (unpaired) electrons. The lowest BCUT2D eigenvalue weighted by Gasteiger charge is -2.29. The fourth-order valence-corrected chi connectivity index (χ4v) is 5.29. The van der Waals surface area contributed by atoms with Crippen molar-refractivity contribution < 1.29 is 24.2 Å². The summed E-state index contributed by atoms with van der Waals surface area (Å²) in [5.74, 6) is -3.07. The first-order chi connectivity index (χ1) is 13.3. The summed E-state index contributed by atoms with van der Waals surface area (Å²) >= 11 is 1.42. The molecule has 6 nitrogen and oxygen atoms in total. The Morgan fingerprint density at radius 2 is 1.82 bits per heavy atom. The first-order valence-corrected chi connectivity index (χ1v) is 10.7. The molecular weight excluding hydrogens is 378 g/mol. The highest BCUT2D eigenvalue weighted by molar-refractivity contribution is 7.17. The van der Waals surface area contributed by atoms with Gasteiger partial charge in [-0.1, -0.05) is 18.1 Å². The number of carbonyl (C=O) groups is 3. The van der Waals surface area contributed by atoms with Gasteiger partial charge in [-0.3, -0.25) is 9.59 Å². The maximum atomic E-state index is 13.0. The summed E-state index contributed by atoms with van der Waals surface area (Å²) in [7, 11) is 0. The Morgan fingerprint density at radius 3 is 2.46 bits per heavy atom. The average Bonchev–Trinajstić information content (AvgIpc) is 3.21. The SMILES string of the molecule is CCCOC(=O)c1c(NC(=O)[C@@H]2CC(C)=C(C)C[C@H]2C(=O)O)sc2c1CCC2. The molecule has 0 aromatic carbocycles. The summed E-state index contributed by atoms with van der Waals surface area (Å²) in [6.07, 6.45) is 4.23. The van der Waals surface area contributed by atoms with Crippen LogP contribution in [0.5, 0.6) is 0 Å². The number of nitrogens with one attached hydrogen (secondary N) is 1. The highest BCUT2D eigenvalue weighted by Gasteiger charge is 2.38. The summed E-state index contributed by atoms with van der Waals surface area (Å²) < 4.78 is 5.33. The minimum Gasteiger partial charge on any atom is -0.481 e. The first kappa shape index (κ1) is 20.6. The normalized spacial score (nSPS) is 21.4. The largest absolute Gasteiger partial charge is 0.481 e. The number of carboxylic acid groups (broad SMARTS) is 1. The highest BCUT2D eigenvalue weighted by atomic mass is 32.1. The predicted octanol–water partition coefficient (Wildman–Crippen LogP) is 4.19. The second-order valence-electron chi connectivity index (χ2n) is 7.71. The van der Waals surface area contributed by atoms with Crippen molar-refractivity contribution in [1.82, 2.24) is 0 Å². The Kier molecular flexibility index (Phi) is 6.23.